The minimum atomic E-state index is -9.99. The largest absolute Gasteiger partial charge is 0.489 e. The molecule has 2 aromatic carbocycles. The van der Waals surface area contributed by atoms with Crippen LogP contribution in [0.1, 0.15) is 15.9 Å². The summed E-state index contributed by atoms with van der Waals surface area (Å²) in [6.07, 6.45) is 0.643. The predicted octanol–water partition coefficient (Wildman–Crippen LogP) is 5.67. The zero-order valence-electron chi connectivity index (χ0n) is 11.4. The van der Waals surface area contributed by atoms with Gasteiger partial charge < -0.3 is 8.92 Å². The van der Waals surface area contributed by atoms with E-state index in [0.717, 1.165) is 18.2 Å². The van der Waals surface area contributed by atoms with Gasteiger partial charge in [-0.1, -0.05) is 31.6 Å². The highest BCUT2D eigenvalue weighted by molar-refractivity contribution is 8.42. The molecule has 0 N–H and O–H groups in total. The van der Waals surface area contributed by atoms with Crippen molar-refractivity contribution in [2.75, 3.05) is 0 Å². The molecule has 23 heavy (non-hydrogen) atoms. The molecular formula is C14H11F5O3S. The molecular weight excluding hydrogens is 343 g/mol. The van der Waals surface area contributed by atoms with Crippen molar-refractivity contribution in [2.45, 2.75) is 6.61 Å². The summed E-state index contributed by atoms with van der Waals surface area (Å²) in [5.41, 5.74) is 0.646. The number of hydrogen-bond donors (Lipinski definition) is 0. The smallest absolute Gasteiger partial charge is 0.435 e. The average Bonchev–Trinajstić information content (AvgIpc) is 2.43. The minimum Gasteiger partial charge on any atom is -0.489 e. The molecule has 9 heteroatoms. The summed E-state index contributed by atoms with van der Waals surface area (Å²) in [5.74, 6) is -0.642. The molecule has 0 heterocycles. The quantitative estimate of drug-likeness (QED) is 0.495. The van der Waals surface area contributed by atoms with E-state index in [1.807, 2.05) is 0 Å². The maximum atomic E-state index is 12.3. The Morgan fingerprint density at radius 1 is 0.913 bits per heavy atom. The van der Waals surface area contributed by atoms with E-state index in [2.05, 4.69) is 4.18 Å². The summed E-state index contributed by atoms with van der Waals surface area (Å²) in [6.45, 7) is -0.155. The van der Waals surface area contributed by atoms with E-state index in [4.69, 9.17) is 4.74 Å². The molecule has 2 rings (SSSR count). The Balaban J connectivity index is 2.07. The van der Waals surface area contributed by atoms with Crippen molar-refractivity contribution in [1.82, 2.24) is 0 Å². The standard InChI is InChI=1S/C14H11F5O3S/c15-23(16,17,18,19)22-14-3-1-2-12(8-14)10-21-13-6-4-11(9-20)5-7-13/h1-9H,10H2. The third-order valence-electron chi connectivity index (χ3n) is 2.57. The van der Waals surface area contributed by atoms with E-state index in [0.29, 0.717) is 17.6 Å². The van der Waals surface area contributed by atoms with E-state index >= 15 is 0 Å². The highest BCUT2D eigenvalue weighted by Gasteiger charge is 2.67. The molecule has 0 unspecified atom stereocenters. The lowest BCUT2D eigenvalue weighted by molar-refractivity contribution is 0.112. The van der Waals surface area contributed by atoms with Gasteiger partial charge in [-0.3, -0.25) is 4.79 Å². The number of aldehydes is 1. The van der Waals surface area contributed by atoms with Gasteiger partial charge in [-0.05, 0) is 42.0 Å². The fraction of sp³-hybridized carbons (Fsp3) is 0.0714. The number of carbonyl (C=O) groups is 1. The van der Waals surface area contributed by atoms with Crippen LogP contribution < -0.4 is 8.92 Å². The summed E-state index contributed by atoms with van der Waals surface area (Å²) in [7, 11) is -9.99. The highest BCUT2D eigenvalue weighted by atomic mass is 32.5. The van der Waals surface area contributed by atoms with Gasteiger partial charge >= 0.3 is 10.5 Å². The van der Waals surface area contributed by atoms with Crippen molar-refractivity contribution in [3.05, 3.63) is 59.7 Å². The Hall–Kier alpha value is -2.29. The van der Waals surface area contributed by atoms with Crippen molar-refractivity contribution in [1.29, 1.82) is 0 Å². The van der Waals surface area contributed by atoms with E-state index < -0.39 is 16.3 Å². The maximum Gasteiger partial charge on any atom is 0.435 e. The van der Waals surface area contributed by atoms with Gasteiger partial charge in [-0.25, -0.2) is 0 Å². The monoisotopic (exact) mass is 354 g/mol. The molecule has 0 fully saturated rings. The summed E-state index contributed by atoms with van der Waals surface area (Å²) < 4.78 is 69.7. The van der Waals surface area contributed by atoms with Crippen molar-refractivity contribution in [2.24, 2.45) is 0 Å². The molecule has 0 aliphatic carbocycles. The topological polar surface area (TPSA) is 35.5 Å². The van der Waals surface area contributed by atoms with Gasteiger partial charge in [-0.2, -0.15) is 0 Å². The molecule has 2 aromatic rings. The molecule has 0 aliphatic heterocycles. The lowest BCUT2D eigenvalue weighted by atomic mass is 10.2. The first kappa shape index (κ1) is 17.1. The van der Waals surface area contributed by atoms with E-state index in [-0.39, 0.29) is 12.2 Å². The van der Waals surface area contributed by atoms with Gasteiger partial charge in [0, 0.05) is 5.56 Å². The van der Waals surface area contributed by atoms with Crippen LogP contribution >= 0.6 is 10.5 Å². The van der Waals surface area contributed by atoms with Crippen molar-refractivity contribution in [3.8, 4) is 11.5 Å². The molecule has 0 bridgehead atoms. The maximum absolute atomic E-state index is 12.3. The van der Waals surface area contributed by atoms with Crippen LogP contribution in [0.4, 0.5) is 19.4 Å². The van der Waals surface area contributed by atoms with Crippen LogP contribution in [0.25, 0.3) is 0 Å². The van der Waals surface area contributed by atoms with Crippen LogP contribution in [-0.4, -0.2) is 6.29 Å². The number of rotatable bonds is 6. The van der Waals surface area contributed by atoms with Crippen LogP contribution in [0.15, 0.2) is 48.5 Å². The first-order valence-electron chi connectivity index (χ1n) is 6.16. The first-order valence-corrected chi connectivity index (χ1v) is 8.03. The molecule has 0 amide bonds. The third-order valence-corrected chi connectivity index (χ3v) is 3.08. The van der Waals surface area contributed by atoms with E-state index in [1.165, 1.54) is 30.3 Å². The summed E-state index contributed by atoms with van der Waals surface area (Å²) in [5, 5.41) is 0. The molecule has 0 spiro atoms. The van der Waals surface area contributed by atoms with Gasteiger partial charge in [0.05, 0.1) is 0 Å². The Bertz CT molecular complexity index is 714. The Morgan fingerprint density at radius 2 is 1.57 bits per heavy atom. The SMILES string of the molecule is O=Cc1ccc(OCc2cccc(OS(F)(F)(F)(F)F)c2)cc1. The number of ether oxygens (including phenoxy) is 1. The van der Waals surface area contributed by atoms with Gasteiger partial charge in [0.15, 0.2) is 0 Å². The van der Waals surface area contributed by atoms with Crippen LogP contribution in [0.5, 0.6) is 11.5 Å². The van der Waals surface area contributed by atoms with E-state index in [1.54, 1.807) is 0 Å². The molecule has 0 radical (unpaired) electrons. The molecule has 126 valence electrons. The second-order valence-electron chi connectivity index (χ2n) is 4.60. The van der Waals surface area contributed by atoms with Gasteiger partial charge in [0.2, 0.25) is 0 Å². The minimum absolute atomic E-state index is 0.155. The van der Waals surface area contributed by atoms with Gasteiger partial charge in [-0.15, -0.1) is 0 Å². The van der Waals surface area contributed by atoms with Crippen LogP contribution in [0, 0.1) is 0 Å². The molecule has 0 atom stereocenters. The Morgan fingerprint density at radius 3 is 2.13 bits per heavy atom. The first-order chi connectivity index (χ1) is 10.4. The fourth-order valence-electron chi connectivity index (χ4n) is 1.68. The van der Waals surface area contributed by atoms with E-state index in [9.17, 15) is 24.2 Å². The third kappa shape index (κ3) is 6.15. The lowest BCUT2D eigenvalue weighted by Gasteiger charge is -2.39. The summed E-state index contributed by atoms with van der Waals surface area (Å²) in [4.78, 5) is 10.5. The normalized spacial score (nSPS) is 14.5. The van der Waals surface area contributed by atoms with Crippen LogP contribution in [0.2, 0.25) is 0 Å². The average molecular weight is 354 g/mol. The molecule has 0 saturated carbocycles. The summed E-state index contributed by atoms with van der Waals surface area (Å²) in [6, 6.07) is 10.1. The number of benzene rings is 2. The fourth-order valence-corrected chi connectivity index (χ4v) is 2.15. The Kier molecular flexibility index (Phi) is 3.80. The lowest BCUT2D eigenvalue weighted by Crippen LogP contribution is -2.14. The van der Waals surface area contributed by atoms with Gasteiger partial charge in [0.1, 0.15) is 24.4 Å². The number of hydrogen-bond acceptors (Lipinski definition) is 3. The second-order valence-corrected chi connectivity index (χ2v) is 6.57. The molecule has 0 aromatic heterocycles. The molecule has 3 nitrogen and oxygen atoms in total. The predicted molar refractivity (Wildman–Crippen MR) is 76.4 cm³/mol. The van der Waals surface area contributed by atoms with Crippen molar-refractivity contribution in [3.63, 3.8) is 0 Å². The number of halogens is 5. The van der Waals surface area contributed by atoms with Crippen molar-refractivity contribution < 1.29 is 33.1 Å². The Labute approximate surface area is 128 Å². The molecule has 0 aliphatic rings. The second kappa shape index (κ2) is 5.12. The van der Waals surface area contributed by atoms with Crippen LogP contribution in [-0.2, 0) is 6.61 Å². The summed E-state index contributed by atoms with van der Waals surface area (Å²) >= 11 is 0. The van der Waals surface area contributed by atoms with Gasteiger partial charge in [0.25, 0.3) is 0 Å². The zero-order chi connectivity index (χ0) is 17.2. The zero-order valence-corrected chi connectivity index (χ0v) is 12.2. The van der Waals surface area contributed by atoms with Crippen LogP contribution in [0.3, 0.4) is 0 Å². The highest BCUT2D eigenvalue weighted by Crippen LogP contribution is 2.97. The molecule has 0 saturated heterocycles. The van der Waals surface area contributed by atoms with Crippen molar-refractivity contribution >= 4 is 16.8 Å². The number of carbonyl (C=O) groups excluding carboxylic acids is 1.